The second-order valence-electron chi connectivity index (χ2n) is 4.06. The van der Waals surface area contributed by atoms with E-state index in [9.17, 15) is 4.79 Å². The number of rotatable bonds is 1. The monoisotopic (exact) mass is 318 g/mol. The average Bonchev–Trinajstić information content (AvgIpc) is 2.97. The molecule has 1 aliphatic carbocycles. The van der Waals surface area contributed by atoms with Gasteiger partial charge in [-0.25, -0.2) is 9.67 Å². The van der Waals surface area contributed by atoms with Crippen molar-refractivity contribution < 1.29 is 4.79 Å². The van der Waals surface area contributed by atoms with Gasteiger partial charge in [0.2, 0.25) is 0 Å². The van der Waals surface area contributed by atoms with Crippen molar-refractivity contribution in [3.05, 3.63) is 11.6 Å². The van der Waals surface area contributed by atoms with Crippen LogP contribution in [-0.4, -0.2) is 30.1 Å². The molecule has 0 unspecified atom stereocenters. The minimum atomic E-state index is 0.0924. The van der Waals surface area contributed by atoms with Gasteiger partial charge in [-0.3, -0.25) is 4.79 Å². The van der Waals surface area contributed by atoms with Crippen LogP contribution in [0, 0.1) is 0 Å². The van der Waals surface area contributed by atoms with Crippen molar-refractivity contribution in [3.8, 4) is 0 Å². The molecule has 1 fully saturated rings. The van der Waals surface area contributed by atoms with Crippen molar-refractivity contribution in [1.29, 1.82) is 0 Å². The van der Waals surface area contributed by atoms with Gasteiger partial charge in [-0.05, 0) is 12.8 Å². The van der Waals surface area contributed by atoms with E-state index in [1.165, 1.54) is 12.8 Å². The third kappa shape index (κ3) is 1.75. The predicted molar refractivity (Wildman–Crippen MR) is 61.8 cm³/mol. The summed E-state index contributed by atoms with van der Waals surface area (Å²) >= 11 is 1.82. The molecule has 0 atom stereocenters. The number of amides is 1. The topological polar surface area (TPSA) is 51.0 Å². The molecule has 80 valence electrons. The number of hydrogen-bond acceptors (Lipinski definition) is 3. The lowest BCUT2D eigenvalue weighted by Gasteiger charge is -2.24. The molecule has 0 aromatic carbocycles. The van der Waals surface area contributed by atoms with E-state index in [1.54, 1.807) is 4.90 Å². The van der Waals surface area contributed by atoms with E-state index in [2.05, 4.69) is 10.1 Å². The van der Waals surface area contributed by atoms with Gasteiger partial charge >= 0.3 is 0 Å². The van der Waals surface area contributed by atoms with Crippen LogP contribution in [0.3, 0.4) is 0 Å². The summed E-state index contributed by atoms with van der Waals surface area (Å²) in [5.74, 6) is 2.51. The maximum absolute atomic E-state index is 11.2. The largest absolute Gasteiger partial charge is 0.325 e. The molecule has 2 heterocycles. The molecule has 1 amide bonds. The summed E-state index contributed by atoms with van der Waals surface area (Å²) in [4.78, 5) is 17.5. The first-order valence-electron chi connectivity index (χ1n) is 5.12. The van der Waals surface area contributed by atoms with E-state index in [4.69, 9.17) is 0 Å². The van der Waals surface area contributed by atoms with Gasteiger partial charge in [-0.15, -0.1) is 0 Å². The summed E-state index contributed by atoms with van der Waals surface area (Å²) in [7, 11) is 0. The van der Waals surface area contributed by atoms with Gasteiger partial charge in [-0.2, -0.15) is 5.10 Å². The van der Waals surface area contributed by atoms with Gasteiger partial charge in [-0.1, -0.05) is 0 Å². The summed E-state index contributed by atoms with van der Waals surface area (Å²) in [6.45, 7) is 2.15. The standard InChI is InChI=1S/C9H11IN4O/c10-9(15)13-3-4-14-7(5-13)11-8(12-14)6-1-2-6/h6H,1-5H2. The molecule has 2 aliphatic rings. The van der Waals surface area contributed by atoms with Crippen LogP contribution in [0.15, 0.2) is 0 Å². The Bertz CT molecular complexity index is 412. The molecule has 0 radical (unpaired) electrons. The molecule has 1 aromatic heterocycles. The van der Waals surface area contributed by atoms with Crippen molar-refractivity contribution in [2.45, 2.75) is 31.8 Å². The van der Waals surface area contributed by atoms with E-state index < -0.39 is 0 Å². The zero-order valence-electron chi connectivity index (χ0n) is 8.19. The van der Waals surface area contributed by atoms with Crippen LogP contribution in [-0.2, 0) is 13.1 Å². The molecule has 0 spiro atoms. The predicted octanol–water partition coefficient (Wildman–Crippen LogP) is 1.53. The lowest BCUT2D eigenvalue weighted by Crippen LogP contribution is -2.35. The molecule has 0 saturated heterocycles. The molecule has 1 aromatic rings. The third-order valence-corrected chi connectivity index (χ3v) is 3.55. The summed E-state index contributed by atoms with van der Waals surface area (Å²) in [5.41, 5.74) is 0. The number of nitrogens with zero attached hydrogens (tertiary/aromatic N) is 4. The smallest absolute Gasteiger partial charge is 0.283 e. The lowest BCUT2D eigenvalue weighted by atomic mass is 10.4. The van der Waals surface area contributed by atoms with E-state index in [1.807, 2.05) is 27.3 Å². The van der Waals surface area contributed by atoms with Gasteiger partial charge < -0.3 is 4.90 Å². The fourth-order valence-corrected chi connectivity index (χ4v) is 2.23. The van der Waals surface area contributed by atoms with Gasteiger partial charge in [0.05, 0.1) is 13.1 Å². The third-order valence-electron chi connectivity index (χ3n) is 2.87. The van der Waals surface area contributed by atoms with Crippen LogP contribution in [0.5, 0.6) is 0 Å². The Kier molecular flexibility index (Phi) is 2.18. The molecule has 0 bridgehead atoms. The fraction of sp³-hybridized carbons (Fsp3) is 0.667. The highest BCUT2D eigenvalue weighted by atomic mass is 127. The van der Waals surface area contributed by atoms with Gasteiger partial charge in [0.25, 0.3) is 3.91 Å². The van der Waals surface area contributed by atoms with Crippen molar-refractivity contribution in [2.75, 3.05) is 6.54 Å². The van der Waals surface area contributed by atoms with Crippen LogP contribution in [0.4, 0.5) is 4.79 Å². The highest BCUT2D eigenvalue weighted by Gasteiger charge is 2.30. The minimum Gasteiger partial charge on any atom is -0.325 e. The van der Waals surface area contributed by atoms with E-state index >= 15 is 0 Å². The molecule has 0 N–H and O–H groups in total. The second-order valence-corrected chi connectivity index (χ2v) is 4.98. The van der Waals surface area contributed by atoms with E-state index in [0.717, 1.165) is 24.7 Å². The molecule has 1 aliphatic heterocycles. The quantitative estimate of drug-likeness (QED) is 0.448. The van der Waals surface area contributed by atoms with Crippen molar-refractivity contribution in [2.24, 2.45) is 0 Å². The van der Waals surface area contributed by atoms with Crippen molar-refractivity contribution >= 4 is 26.5 Å². The number of hydrogen-bond donors (Lipinski definition) is 0. The van der Waals surface area contributed by atoms with Crippen LogP contribution in [0.2, 0.25) is 0 Å². The van der Waals surface area contributed by atoms with Gasteiger partial charge in [0.1, 0.15) is 5.82 Å². The maximum Gasteiger partial charge on any atom is 0.283 e. The first-order chi connectivity index (χ1) is 7.24. The number of halogens is 1. The van der Waals surface area contributed by atoms with Gasteiger partial charge in [0, 0.05) is 35.1 Å². The normalized spacial score (nSPS) is 20.2. The Morgan fingerprint density at radius 3 is 2.87 bits per heavy atom. The molecule has 5 nitrogen and oxygen atoms in total. The molecule has 3 rings (SSSR count). The van der Waals surface area contributed by atoms with Crippen molar-refractivity contribution in [1.82, 2.24) is 19.7 Å². The number of aromatic nitrogens is 3. The van der Waals surface area contributed by atoms with E-state index in [-0.39, 0.29) is 3.91 Å². The Balaban J connectivity index is 1.85. The molecular formula is C9H11IN4O. The average molecular weight is 318 g/mol. The summed E-state index contributed by atoms with van der Waals surface area (Å²) < 4.78 is 2.04. The molecule has 15 heavy (non-hydrogen) atoms. The minimum absolute atomic E-state index is 0.0924. The number of carbonyl (C=O) groups is 1. The Hall–Kier alpha value is -0.660. The van der Waals surface area contributed by atoms with Crippen LogP contribution >= 0.6 is 22.6 Å². The molecule has 1 saturated carbocycles. The summed E-state index contributed by atoms with van der Waals surface area (Å²) in [5, 5.41) is 4.47. The first-order valence-corrected chi connectivity index (χ1v) is 6.20. The number of carbonyl (C=O) groups excluding carboxylic acids is 1. The molecular weight excluding hydrogens is 307 g/mol. The number of fused-ring (bicyclic) bond motifs is 1. The van der Waals surface area contributed by atoms with Gasteiger partial charge in [0.15, 0.2) is 5.82 Å². The van der Waals surface area contributed by atoms with E-state index in [0.29, 0.717) is 12.5 Å². The zero-order valence-corrected chi connectivity index (χ0v) is 10.3. The summed E-state index contributed by atoms with van der Waals surface area (Å²) in [6.07, 6.45) is 2.44. The maximum atomic E-state index is 11.2. The highest BCUT2D eigenvalue weighted by molar-refractivity contribution is 14.1. The SMILES string of the molecule is O=C(I)N1CCn2nc(C3CC3)nc2C1. The Morgan fingerprint density at radius 2 is 2.20 bits per heavy atom. The van der Waals surface area contributed by atoms with Crippen LogP contribution < -0.4 is 0 Å². The first kappa shape index (κ1) is 9.56. The molecule has 6 heteroatoms. The highest BCUT2D eigenvalue weighted by Crippen LogP contribution is 2.38. The van der Waals surface area contributed by atoms with Crippen LogP contribution in [0.1, 0.15) is 30.4 Å². The fourth-order valence-electron chi connectivity index (χ4n) is 1.82. The Morgan fingerprint density at radius 1 is 1.40 bits per heavy atom. The second kappa shape index (κ2) is 3.43. The summed E-state index contributed by atoms with van der Waals surface area (Å²) in [6, 6.07) is 0. The Labute approximate surface area is 101 Å². The van der Waals surface area contributed by atoms with Crippen LogP contribution in [0.25, 0.3) is 0 Å². The lowest BCUT2D eigenvalue weighted by molar-refractivity contribution is 0.207. The van der Waals surface area contributed by atoms with Crippen molar-refractivity contribution in [3.63, 3.8) is 0 Å². The zero-order chi connectivity index (χ0) is 10.4.